The monoisotopic (exact) mass is 276 g/mol. The van der Waals surface area contributed by atoms with Gasteiger partial charge in [-0.1, -0.05) is 24.3 Å². The lowest BCUT2D eigenvalue weighted by Crippen LogP contribution is -2.14. The Morgan fingerprint density at radius 1 is 0.667 bits per heavy atom. The zero-order valence-electron chi connectivity index (χ0n) is 9.93. The van der Waals surface area contributed by atoms with Gasteiger partial charge >= 0.3 is 0 Å². The third-order valence-electron chi connectivity index (χ3n) is 2.56. The molecule has 0 bridgehead atoms. The zero-order valence-corrected chi connectivity index (χ0v) is 11.7. The quantitative estimate of drug-likeness (QED) is 0.493. The summed E-state index contributed by atoms with van der Waals surface area (Å²) in [4.78, 5) is 1.93. The topological polar surface area (TPSA) is 24.1 Å². The van der Waals surface area contributed by atoms with Crippen LogP contribution < -0.4 is 10.6 Å². The van der Waals surface area contributed by atoms with E-state index in [0.29, 0.717) is 0 Å². The number of rotatable bonds is 5. The van der Waals surface area contributed by atoms with Crippen molar-refractivity contribution in [2.24, 2.45) is 0 Å². The minimum Gasteiger partial charge on any atom is -0.382 e. The van der Waals surface area contributed by atoms with Crippen LogP contribution in [-0.2, 0) is 0 Å². The van der Waals surface area contributed by atoms with Crippen molar-refractivity contribution in [2.45, 2.75) is 9.79 Å². The largest absolute Gasteiger partial charge is 0.382 e. The zero-order chi connectivity index (χ0) is 12.8. The van der Waals surface area contributed by atoms with Gasteiger partial charge in [0.2, 0.25) is 0 Å². The van der Waals surface area contributed by atoms with Crippen LogP contribution in [0.2, 0.25) is 0 Å². The van der Waals surface area contributed by atoms with Crippen molar-refractivity contribution >= 4 is 36.6 Å². The van der Waals surface area contributed by atoms with E-state index in [1.807, 2.05) is 48.5 Å². The highest BCUT2D eigenvalue weighted by Gasteiger charge is 1.97. The van der Waals surface area contributed by atoms with Crippen molar-refractivity contribution in [2.75, 3.05) is 23.7 Å². The summed E-state index contributed by atoms with van der Waals surface area (Å²) in [5, 5.41) is 6.68. The molecule has 0 amide bonds. The summed E-state index contributed by atoms with van der Waals surface area (Å²) in [5.41, 5.74) is 2.11. The van der Waals surface area contributed by atoms with Gasteiger partial charge in [-0.2, -0.15) is 0 Å². The van der Waals surface area contributed by atoms with Gasteiger partial charge in [0.15, 0.2) is 0 Å². The van der Waals surface area contributed by atoms with Crippen LogP contribution in [0.5, 0.6) is 0 Å². The first-order chi connectivity index (χ1) is 8.77. The minimum atomic E-state index is 0.833. The van der Waals surface area contributed by atoms with Gasteiger partial charge in [0.25, 0.3) is 0 Å². The van der Waals surface area contributed by atoms with Crippen LogP contribution in [-0.4, -0.2) is 13.1 Å². The summed E-state index contributed by atoms with van der Waals surface area (Å²) in [7, 11) is 0. The van der Waals surface area contributed by atoms with Crippen LogP contribution >= 0.6 is 25.3 Å². The van der Waals surface area contributed by atoms with Gasteiger partial charge in [-0.25, -0.2) is 0 Å². The molecule has 94 valence electrons. The van der Waals surface area contributed by atoms with Gasteiger partial charge in [0.1, 0.15) is 0 Å². The van der Waals surface area contributed by atoms with Crippen molar-refractivity contribution in [3.63, 3.8) is 0 Å². The highest BCUT2D eigenvalue weighted by Crippen LogP contribution is 2.19. The van der Waals surface area contributed by atoms with E-state index >= 15 is 0 Å². The van der Waals surface area contributed by atoms with Crippen molar-refractivity contribution in [3.05, 3.63) is 48.5 Å². The normalized spacial score (nSPS) is 10.1. The Balaban J connectivity index is 1.80. The molecule has 0 saturated heterocycles. The number of nitrogens with one attached hydrogen (secondary N) is 2. The highest BCUT2D eigenvalue weighted by molar-refractivity contribution is 7.80. The Labute approximate surface area is 119 Å². The van der Waals surface area contributed by atoms with Gasteiger partial charge in [-0.05, 0) is 24.3 Å². The summed E-state index contributed by atoms with van der Waals surface area (Å²) in [6, 6.07) is 15.9. The molecule has 18 heavy (non-hydrogen) atoms. The molecule has 0 aliphatic heterocycles. The van der Waals surface area contributed by atoms with Crippen LogP contribution in [0.1, 0.15) is 0 Å². The number of thiol groups is 2. The molecular weight excluding hydrogens is 260 g/mol. The molecule has 0 aliphatic carbocycles. The molecule has 0 spiro atoms. The Kier molecular flexibility index (Phi) is 4.84. The molecule has 0 unspecified atom stereocenters. The Bertz CT molecular complexity index is 467. The number of hydrogen-bond acceptors (Lipinski definition) is 4. The van der Waals surface area contributed by atoms with Crippen LogP contribution in [0.4, 0.5) is 11.4 Å². The Morgan fingerprint density at radius 3 is 1.44 bits per heavy atom. The summed E-state index contributed by atoms with van der Waals surface area (Å²) < 4.78 is 0. The first-order valence-corrected chi connectivity index (χ1v) is 6.70. The molecule has 0 fully saturated rings. The molecule has 2 rings (SSSR count). The molecular formula is C14H16N2S2. The molecule has 0 aliphatic rings. The van der Waals surface area contributed by atoms with Gasteiger partial charge in [-0.3, -0.25) is 0 Å². The molecule has 2 N–H and O–H groups in total. The maximum atomic E-state index is 4.39. The summed E-state index contributed by atoms with van der Waals surface area (Å²) in [5.74, 6) is 0. The van der Waals surface area contributed by atoms with E-state index in [9.17, 15) is 0 Å². The first-order valence-electron chi connectivity index (χ1n) is 5.81. The lowest BCUT2D eigenvalue weighted by Gasteiger charge is -2.11. The van der Waals surface area contributed by atoms with Crippen LogP contribution in [0, 0.1) is 0 Å². The molecule has 2 aromatic rings. The lowest BCUT2D eigenvalue weighted by molar-refractivity contribution is 1.06. The molecule has 4 heteroatoms. The second kappa shape index (κ2) is 6.61. The maximum absolute atomic E-state index is 4.39. The van der Waals surface area contributed by atoms with Crippen molar-refractivity contribution in [1.82, 2.24) is 0 Å². The van der Waals surface area contributed by atoms with E-state index in [1.165, 1.54) is 0 Å². The first kappa shape index (κ1) is 13.2. The summed E-state index contributed by atoms with van der Waals surface area (Å²) in [6.45, 7) is 1.67. The second-order valence-corrected chi connectivity index (χ2v) is 4.85. The number of anilines is 2. The van der Waals surface area contributed by atoms with Crippen LogP contribution in [0.25, 0.3) is 0 Å². The van der Waals surface area contributed by atoms with Gasteiger partial charge in [0.05, 0.1) is 0 Å². The average Bonchev–Trinajstić information content (AvgIpc) is 2.38. The molecule has 0 radical (unpaired) electrons. The predicted octanol–water partition coefficient (Wildman–Crippen LogP) is 3.79. The number of para-hydroxylation sites is 2. The summed E-state index contributed by atoms with van der Waals surface area (Å²) in [6.07, 6.45) is 0. The predicted molar refractivity (Wildman–Crippen MR) is 84.4 cm³/mol. The van der Waals surface area contributed by atoms with Crippen LogP contribution in [0.3, 0.4) is 0 Å². The van der Waals surface area contributed by atoms with E-state index in [0.717, 1.165) is 34.3 Å². The van der Waals surface area contributed by atoms with E-state index in [-0.39, 0.29) is 0 Å². The second-order valence-electron chi connectivity index (χ2n) is 3.89. The fourth-order valence-corrected chi connectivity index (χ4v) is 2.12. The molecule has 2 aromatic carbocycles. The van der Waals surface area contributed by atoms with Gasteiger partial charge < -0.3 is 10.6 Å². The van der Waals surface area contributed by atoms with Crippen molar-refractivity contribution in [3.8, 4) is 0 Å². The molecule has 2 nitrogen and oxygen atoms in total. The van der Waals surface area contributed by atoms with Gasteiger partial charge in [-0.15, -0.1) is 25.3 Å². The SMILES string of the molecule is Sc1ccccc1NCCNc1ccccc1S. The molecule has 0 saturated carbocycles. The summed E-state index contributed by atoms with van der Waals surface area (Å²) >= 11 is 8.78. The van der Waals surface area contributed by atoms with Crippen molar-refractivity contribution < 1.29 is 0 Å². The Hall–Kier alpha value is -1.26. The average molecular weight is 276 g/mol. The standard InChI is InChI=1S/C14H16N2S2/c17-13-7-3-1-5-11(13)15-9-10-16-12-6-2-4-8-14(12)18/h1-8,15-18H,9-10H2. The minimum absolute atomic E-state index is 0.833. The van der Waals surface area contributed by atoms with Crippen molar-refractivity contribution in [1.29, 1.82) is 0 Å². The van der Waals surface area contributed by atoms with Crippen LogP contribution in [0.15, 0.2) is 58.3 Å². The fourth-order valence-electron chi connectivity index (χ4n) is 1.64. The van der Waals surface area contributed by atoms with E-state index < -0.39 is 0 Å². The smallest absolute Gasteiger partial charge is 0.0476 e. The fraction of sp³-hybridized carbons (Fsp3) is 0.143. The van der Waals surface area contributed by atoms with E-state index in [2.05, 4.69) is 35.9 Å². The lowest BCUT2D eigenvalue weighted by atomic mass is 10.3. The molecule has 0 atom stereocenters. The highest BCUT2D eigenvalue weighted by atomic mass is 32.1. The van der Waals surface area contributed by atoms with E-state index in [1.54, 1.807) is 0 Å². The third-order valence-corrected chi connectivity index (χ3v) is 3.34. The third kappa shape index (κ3) is 3.62. The number of hydrogen-bond donors (Lipinski definition) is 4. The van der Waals surface area contributed by atoms with Gasteiger partial charge in [0, 0.05) is 34.3 Å². The number of benzene rings is 2. The van der Waals surface area contributed by atoms with E-state index in [4.69, 9.17) is 0 Å². The maximum Gasteiger partial charge on any atom is 0.0476 e. The Morgan fingerprint density at radius 2 is 1.06 bits per heavy atom. The molecule has 0 aromatic heterocycles. The molecule has 0 heterocycles.